The Balaban J connectivity index is 2.16. The number of unbranched alkanes of at least 4 members (excludes halogenated alkanes) is 1. The molecule has 0 aromatic rings. The third-order valence-corrected chi connectivity index (χ3v) is 6.17. The molecule has 0 aromatic carbocycles. The van der Waals surface area contributed by atoms with Crippen LogP contribution in [-0.2, 0) is 18.8 Å². The number of rotatable bonds is 10. The van der Waals surface area contributed by atoms with Crippen molar-refractivity contribution in [3.8, 4) is 0 Å². The van der Waals surface area contributed by atoms with Crippen molar-refractivity contribution in [3.05, 3.63) is 0 Å². The Kier molecular flexibility index (Phi) is 10.0. The molecule has 2 atom stereocenters. The van der Waals surface area contributed by atoms with Crippen molar-refractivity contribution in [1.82, 2.24) is 5.32 Å². The Morgan fingerprint density at radius 2 is 1.92 bits per heavy atom. The van der Waals surface area contributed by atoms with Gasteiger partial charge in [-0.15, -0.1) is 0 Å². The maximum Gasteiger partial charge on any atom is 0.412 e. The molecule has 9 heteroatoms. The molecular weight excluding hydrogens is 352 g/mol. The zero-order valence-corrected chi connectivity index (χ0v) is 15.6. The highest BCUT2D eigenvalue weighted by Crippen LogP contribution is 2.42. The SMILES string of the molecule is CCCCP(=O)(O)CCC(F)NC(=O)OCOC(=O)C1CCCCC1. The van der Waals surface area contributed by atoms with Crippen molar-refractivity contribution in [2.45, 2.75) is 64.6 Å². The molecule has 0 spiro atoms. The standard InChI is InChI=1S/C16H29FNO6P/c1-2-3-10-25(21,22)11-9-14(17)18-16(20)24-12-23-15(19)13-7-5-4-6-8-13/h13-14H,2-12H2,1H3,(H,18,20)(H,21,22). The molecule has 2 unspecified atom stereocenters. The van der Waals surface area contributed by atoms with Crippen LogP contribution >= 0.6 is 7.37 Å². The van der Waals surface area contributed by atoms with Gasteiger partial charge in [0.25, 0.3) is 0 Å². The van der Waals surface area contributed by atoms with E-state index in [4.69, 9.17) is 4.74 Å². The van der Waals surface area contributed by atoms with E-state index >= 15 is 0 Å². The van der Waals surface area contributed by atoms with Crippen LogP contribution < -0.4 is 5.32 Å². The zero-order valence-electron chi connectivity index (χ0n) is 14.7. The third kappa shape index (κ3) is 9.80. The van der Waals surface area contributed by atoms with Gasteiger partial charge in [0.1, 0.15) is 0 Å². The molecule has 25 heavy (non-hydrogen) atoms. The molecule has 1 rings (SSSR count). The summed E-state index contributed by atoms with van der Waals surface area (Å²) in [5.74, 6) is -0.558. The Morgan fingerprint density at radius 1 is 1.24 bits per heavy atom. The van der Waals surface area contributed by atoms with E-state index in [9.17, 15) is 23.4 Å². The van der Waals surface area contributed by atoms with Gasteiger partial charge in [-0.3, -0.25) is 14.7 Å². The normalized spacial score (nSPS) is 18.8. The summed E-state index contributed by atoms with van der Waals surface area (Å²) in [6, 6.07) is 0. The molecule has 2 N–H and O–H groups in total. The maximum atomic E-state index is 13.6. The predicted molar refractivity (Wildman–Crippen MR) is 91.1 cm³/mol. The summed E-state index contributed by atoms with van der Waals surface area (Å²) in [6.07, 6.45) is 2.84. The molecule has 1 aliphatic rings. The Labute approximate surface area is 148 Å². The lowest BCUT2D eigenvalue weighted by atomic mass is 9.89. The van der Waals surface area contributed by atoms with Gasteiger partial charge in [0.15, 0.2) is 6.30 Å². The summed E-state index contributed by atoms with van der Waals surface area (Å²) in [5.41, 5.74) is 0. The third-order valence-electron chi connectivity index (χ3n) is 4.20. The van der Waals surface area contributed by atoms with E-state index in [0.717, 1.165) is 38.5 Å². The maximum absolute atomic E-state index is 13.6. The quantitative estimate of drug-likeness (QED) is 0.260. The molecule has 0 aliphatic heterocycles. The smallest absolute Gasteiger partial charge is 0.412 e. The number of amides is 1. The zero-order chi connectivity index (χ0) is 18.7. The number of halogens is 1. The van der Waals surface area contributed by atoms with Gasteiger partial charge in [0, 0.05) is 18.7 Å². The summed E-state index contributed by atoms with van der Waals surface area (Å²) in [4.78, 5) is 32.8. The van der Waals surface area contributed by atoms with Crippen LogP contribution in [0.15, 0.2) is 0 Å². The lowest BCUT2D eigenvalue weighted by Gasteiger charge is -2.19. The van der Waals surface area contributed by atoms with Crippen molar-refractivity contribution < 1.29 is 32.9 Å². The van der Waals surface area contributed by atoms with E-state index in [1.807, 2.05) is 12.2 Å². The number of nitrogens with one attached hydrogen (secondary N) is 1. The van der Waals surface area contributed by atoms with E-state index in [0.29, 0.717) is 6.42 Å². The van der Waals surface area contributed by atoms with Crippen LogP contribution in [0.5, 0.6) is 0 Å². The summed E-state index contributed by atoms with van der Waals surface area (Å²) >= 11 is 0. The van der Waals surface area contributed by atoms with Crippen molar-refractivity contribution in [3.63, 3.8) is 0 Å². The highest BCUT2D eigenvalue weighted by Gasteiger charge is 2.23. The number of alkyl carbamates (subject to hydrolysis) is 1. The molecule has 0 radical (unpaired) electrons. The number of esters is 1. The second-order valence-electron chi connectivity index (χ2n) is 6.40. The molecule has 0 heterocycles. The summed E-state index contributed by atoms with van der Waals surface area (Å²) in [6.45, 7) is 1.33. The fraction of sp³-hybridized carbons (Fsp3) is 0.875. The number of alkyl halides is 1. The molecular formula is C16H29FNO6P. The van der Waals surface area contributed by atoms with Crippen molar-refractivity contribution >= 4 is 19.4 Å². The second-order valence-corrected chi connectivity index (χ2v) is 8.98. The average Bonchev–Trinajstić information content (AvgIpc) is 2.59. The van der Waals surface area contributed by atoms with Crippen molar-refractivity contribution in [2.24, 2.45) is 5.92 Å². The minimum atomic E-state index is -3.36. The van der Waals surface area contributed by atoms with Crippen LogP contribution in [0, 0.1) is 5.92 Å². The first kappa shape index (κ1) is 21.9. The van der Waals surface area contributed by atoms with E-state index in [-0.39, 0.29) is 24.7 Å². The van der Waals surface area contributed by atoms with Gasteiger partial charge in [-0.25, -0.2) is 9.18 Å². The van der Waals surface area contributed by atoms with Crippen LogP contribution in [0.25, 0.3) is 0 Å². The molecule has 0 bridgehead atoms. The highest BCUT2D eigenvalue weighted by molar-refractivity contribution is 7.57. The minimum absolute atomic E-state index is 0.151. The van der Waals surface area contributed by atoms with Gasteiger partial charge < -0.3 is 14.4 Å². The Morgan fingerprint density at radius 3 is 2.56 bits per heavy atom. The first-order valence-corrected chi connectivity index (χ1v) is 10.9. The number of ether oxygens (including phenoxy) is 2. The van der Waals surface area contributed by atoms with E-state index < -0.39 is 32.5 Å². The molecule has 1 fully saturated rings. The molecule has 0 saturated heterocycles. The van der Waals surface area contributed by atoms with Gasteiger partial charge in [0.05, 0.1) is 5.92 Å². The fourth-order valence-corrected chi connectivity index (χ4v) is 4.34. The molecule has 0 aromatic heterocycles. The van der Waals surface area contributed by atoms with Crippen LogP contribution in [0.2, 0.25) is 0 Å². The van der Waals surface area contributed by atoms with Crippen LogP contribution in [0.1, 0.15) is 58.3 Å². The van der Waals surface area contributed by atoms with Gasteiger partial charge >= 0.3 is 12.1 Å². The predicted octanol–water partition coefficient (Wildman–Crippen LogP) is 3.55. The summed E-state index contributed by atoms with van der Waals surface area (Å²) in [7, 11) is -3.36. The highest BCUT2D eigenvalue weighted by atomic mass is 31.2. The second kappa shape index (κ2) is 11.5. The topological polar surface area (TPSA) is 102 Å². The van der Waals surface area contributed by atoms with Gasteiger partial charge in [-0.05, 0) is 19.3 Å². The van der Waals surface area contributed by atoms with Crippen LogP contribution in [-0.4, -0.2) is 42.4 Å². The fourth-order valence-electron chi connectivity index (χ4n) is 2.67. The van der Waals surface area contributed by atoms with E-state index in [1.165, 1.54) is 0 Å². The average molecular weight is 381 g/mol. The molecule has 1 aliphatic carbocycles. The molecule has 1 saturated carbocycles. The van der Waals surface area contributed by atoms with Crippen LogP contribution in [0.3, 0.4) is 0 Å². The van der Waals surface area contributed by atoms with E-state index in [1.54, 1.807) is 0 Å². The van der Waals surface area contributed by atoms with Crippen molar-refractivity contribution in [1.29, 1.82) is 0 Å². The minimum Gasteiger partial charge on any atom is -0.428 e. The number of carbonyl (C=O) groups is 2. The first-order valence-electron chi connectivity index (χ1n) is 8.89. The summed E-state index contributed by atoms with van der Waals surface area (Å²) in [5, 5.41) is 1.91. The lowest BCUT2D eigenvalue weighted by Crippen LogP contribution is -2.34. The molecule has 7 nitrogen and oxygen atoms in total. The number of hydrogen-bond acceptors (Lipinski definition) is 5. The number of carbonyl (C=O) groups excluding carboxylic acids is 2. The summed E-state index contributed by atoms with van der Waals surface area (Å²) < 4.78 is 34.8. The Bertz CT molecular complexity index is 470. The largest absolute Gasteiger partial charge is 0.428 e. The van der Waals surface area contributed by atoms with Gasteiger partial charge in [-0.1, -0.05) is 32.6 Å². The van der Waals surface area contributed by atoms with E-state index in [2.05, 4.69) is 4.74 Å². The van der Waals surface area contributed by atoms with Crippen LogP contribution in [0.4, 0.5) is 9.18 Å². The molecule has 146 valence electrons. The van der Waals surface area contributed by atoms with Gasteiger partial charge in [-0.2, -0.15) is 0 Å². The number of hydrogen-bond donors (Lipinski definition) is 2. The van der Waals surface area contributed by atoms with Gasteiger partial charge in [0.2, 0.25) is 14.2 Å². The monoisotopic (exact) mass is 381 g/mol. The van der Waals surface area contributed by atoms with Crippen molar-refractivity contribution in [2.75, 3.05) is 19.1 Å². The molecule has 1 amide bonds. The Hall–Kier alpha value is -1.14. The first-order chi connectivity index (χ1) is 11.8. The lowest BCUT2D eigenvalue weighted by molar-refractivity contribution is -0.158.